The third-order valence-corrected chi connectivity index (χ3v) is 2.73. The topological polar surface area (TPSA) is 57.0 Å². The van der Waals surface area contributed by atoms with Crippen LogP contribution in [-0.2, 0) is 6.54 Å². The predicted octanol–water partition coefficient (Wildman–Crippen LogP) is 1.66. The second kappa shape index (κ2) is 5.18. The standard InChI is InChI=1S/C12H12ClN3O2/c1-8-15-10(13)6-11(17)16(8)7-9-4-3-5-14-12(9)18-2/h3-6H,7H2,1-2H3. The number of pyridine rings is 1. The number of aromatic nitrogens is 3. The molecule has 6 heteroatoms. The molecule has 18 heavy (non-hydrogen) atoms. The van der Waals surface area contributed by atoms with Gasteiger partial charge >= 0.3 is 0 Å². The minimum absolute atomic E-state index is 0.196. The van der Waals surface area contributed by atoms with Crippen molar-refractivity contribution in [1.82, 2.24) is 14.5 Å². The van der Waals surface area contributed by atoms with E-state index >= 15 is 0 Å². The average Bonchev–Trinajstić information content (AvgIpc) is 2.34. The van der Waals surface area contributed by atoms with E-state index in [4.69, 9.17) is 16.3 Å². The molecule has 0 aliphatic carbocycles. The fraction of sp³-hybridized carbons (Fsp3) is 0.250. The van der Waals surface area contributed by atoms with Gasteiger partial charge in [-0.25, -0.2) is 9.97 Å². The molecular formula is C12H12ClN3O2. The summed E-state index contributed by atoms with van der Waals surface area (Å²) in [6.45, 7) is 2.09. The molecule has 0 unspecified atom stereocenters. The molecule has 0 N–H and O–H groups in total. The zero-order chi connectivity index (χ0) is 13.1. The first-order valence-electron chi connectivity index (χ1n) is 5.33. The SMILES string of the molecule is COc1ncccc1Cn1c(C)nc(Cl)cc1=O. The van der Waals surface area contributed by atoms with Crippen LogP contribution in [0.25, 0.3) is 0 Å². The Labute approximate surface area is 109 Å². The van der Waals surface area contributed by atoms with Gasteiger partial charge in [0, 0.05) is 17.8 Å². The zero-order valence-corrected chi connectivity index (χ0v) is 10.8. The summed E-state index contributed by atoms with van der Waals surface area (Å²) >= 11 is 5.72. The number of aryl methyl sites for hydroxylation is 1. The van der Waals surface area contributed by atoms with Gasteiger partial charge in [0.1, 0.15) is 11.0 Å². The fourth-order valence-corrected chi connectivity index (χ4v) is 1.89. The molecule has 0 amide bonds. The minimum atomic E-state index is -0.196. The Balaban J connectivity index is 2.43. The van der Waals surface area contributed by atoms with E-state index in [1.54, 1.807) is 26.3 Å². The summed E-state index contributed by atoms with van der Waals surface area (Å²) in [6.07, 6.45) is 1.64. The lowest BCUT2D eigenvalue weighted by Gasteiger charge is -2.11. The zero-order valence-electron chi connectivity index (χ0n) is 10.1. The Hall–Kier alpha value is -1.88. The van der Waals surface area contributed by atoms with Gasteiger partial charge in [-0.15, -0.1) is 0 Å². The van der Waals surface area contributed by atoms with Crippen molar-refractivity contribution in [2.75, 3.05) is 7.11 Å². The number of nitrogens with zero attached hydrogens (tertiary/aromatic N) is 3. The van der Waals surface area contributed by atoms with Gasteiger partial charge in [0.05, 0.1) is 13.7 Å². The second-order valence-electron chi connectivity index (χ2n) is 3.72. The van der Waals surface area contributed by atoms with Crippen LogP contribution in [0.4, 0.5) is 0 Å². The van der Waals surface area contributed by atoms with Crippen LogP contribution in [-0.4, -0.2) is 21.6 Å². The second-order valence-corrected chi connectivity index (χ2v) is 4.11. The summed E-state index contributed by atoms with van der Waals surface area (Å²) in [5.74, 6) is 1.05. The normalized spacial score (nSPS) is 10.4. The van der Waals surface area contributed by atoms with E-state index in [1.807, 2.05) is 6.07 Å². The largest absolute Gasteiger partial charge is 0.481 e. The Morgan fingerprint density at radius 2 is 2.28 bits per heavy atom. The van der Waals surface area contributed by atoms with Gasteiger partial charge < -0.3 is 4.74 Å². The van der Waals surface area contributed by atoms with Gasteiger partial charge in [0.2, 0.25) is 5.88 Å². The molecule has 0 saturated heterocycles. The number of methoxy groups -OCH3 is 1. The van der Waals surface area contributed by atoms with Crippen molar-refractivity contribution in [3.8, 4) is 5.88 Å². The van der Waals surface area contributed by atoms with Crippen LogP contribution in [0, 0.1) is 6.92 Å². The Morgan fingerprint density at radius 3 is 2.94 bits per heavy atom. The molecule has 2 aromatic rings. The number of ether oxygens (including phenoxy) is 1. The Kier molecular flexibility index (Phi) is 3.62. The molecule has 0 aromatic carbocycles. The highest BCUT2D eigenvalue weighted by Crippen LogP contribution is 2.15. The molecule has 0 bridgehead atoms. The van der Waals surface area contributed by atoms with Crippen LogP contribution in [0.1, 0.15) is 11.4 Å². The molecule has 0 fully saturated rings. The first kappa shape index (κ1) is 12.6. The monoisotopic (exact) mass is 265 g/mol. The molecule has 5 nitrogen and oxygen atoms in total. The Bertz CT molecular complexity index is 625. The number of hydrogen-bond acceptors (Lipinski definition) is 4. The van der Waals surface area contributed by atoms with Gasteiger partial charge in [-0.3, -0.25) is 9.36 Å². The predicted molar refractivity (Wildman–Crippen MR) is 68.1 cm³/mol. The van der Waals surface area contributed by atoms with Crippen molar-refractivity contribution in [3.05, 3.63) is 51.3 Å². The summed E-state index contributed by atoms with van der Waals surface area (Å²) in [6, 6.07) is 4.94. The van der Waals surface area contributed by atoms with Crippen LogP contribution >= 0.6 is 11.6 Å². The van der Waals surface area contributed by atoms with Gasteiger partial charge in [-0.05, 0) is 13.0 Å². The van der Waals surface area contributed by atoms with Crippen molar-refractivity contribution in [1.29, 1.82) is 0 Å². The first-order chi connectivity index (χ1) is 8.61. The van der Waals surface area contributed by atoms with Crippen molar-refractivity contribution in [2.45, 2.75) is 13.5 Å². The molecular weight excluding hydrogens is 254 g/mol. The third kappa shape index (κ3) is 2.51. The maximum atomic E-state index is 11.8. The van der Waals surface area contributed by atoms with E-state index in [9.17, 15) is 4.79 Å². The lowest BCUT2D eigenvalue weighted by atomic mass is 10.2. The molecule has 2 rings (SSSR count). The van der Waals surface area contributed by atoms with Gasteiger partial charge in [0.15, 0.2) is 0 Å². The molecule has 2 aromatic heterocycles. The van der Waals surface area contributed by atoms with E-state index < -0.39 is 0 Å². The van der Waals surface area contributed by atoms with Gasteiger partial charge in [0.25, 0.3) is 5.56 Å². The maximum Gasteiger partial charge on any atom is 0.255 e. The highest BCUT2D eigenvalue weighted by Gasteiger charge is 2.08. The minimum Gasteiger partial charge on any atom is -0.481 e. The summed E-state index contributed by atoms with van der Waals surface area (Å²) in [7, 11) is 1.54. The van der Waals surface area contributed by atoms with Crippen LogP contribution in [0.3, 0.4) is 0 Å². The fourth-order valence-electron chi connectivity index (χ4n) is 1.68. The molecule has 0 atom stereocenters. The van der Waals surface area contributed by atoms with E-state index in [0.717, 1.165) is 5.56 Å². The van der Waals surface area contributed by atoms with Crippen molar-refractivity contribution in [3.63, 3.8) is 0 Å². The molecule has 0 aliphatic rings. The van der Waals surface area contributed by atoms with Crippen LogP contribution < -0.4 is 10.3 Å². The number of halogens is 1. The summed E-state index contributed by atoms with van der Waals surface area (Å²) in [5, 5.41) is 0.201. The van der Waals surface area contributed by atoms with Crippen molar-refractivity contribution < 1.29 is 4.74 Å². The first-order valence-corrected chi connectivity index (χ1v) is 5.71. The van der Waals surface area contributed by atoms with Gasteiger partial charge in [-0.2, -0.15) is 0 Å². The maximum absolute atomic E-state index is 11.8. The molecule has 0 radical (unpaired) electrons. The Morgan fingerprint density at radius 1 is 1.50 bits per heavy atom. The highest BCUT2D eigenvalue weighted by molar-refractivity contribution is 6.29. The van der Waals surface area contributed by atoms with Crippen molar-refractivity contribution in [2.24, 2.45) is 0 Å². The van der Waals surface area contributed by atoms with Crippen LogP contribution in [0.5, 0.6) is 5.88 Å². The molecule has 0 aliphatic heterocycles. The smallest absolute Gasteiger partial charge is 0.255 e. The van der Waals surface area contributed by atoms with E-state index in [1.165, 1.54) is 10.6 Å². The summed E-state index contributed by atoms with van der Waals surface area (Å²) < 4.78 is 6.67. The highest BCUT2D eigenvalue weighted by atomic mass is 35.5. The number of hydrogen-bond donors (Lipinski definition) is 0. The summed E-state index contributed by atoms with van der Waals surface area (Å²) in [4.78, 5) is 20.0. The lowest BCUT2D eigenvalue weighted by molar-refractivity contribution is 0.390. The van der Waals surface area contributed by atoms with Crippen LogP contribution in [0.2, 0.25) is 5.15 Å². The molecule has 0 spiro atoms. The van der Waals surface area contributed by atoms with E-state index in [2.05, 4.69) is 9.97 Å². The lowest BCUT2D eigenvalue weighted by Crippen LogP contribution is -2.23. The van der Waals surface area contributed by atoms with E-state index in [-0.39, 0.29) is 10.7 Å². The molecule has 2 heterocycles. The van der Waals surface area contributed by atoms with Gasteiger partial charge in [-0.1, -0.05) is 17.7 Å². The van der Waals surface area contributed by atoms with Crippen molar-refractivity contribution >= 4 is 11.6 Å². The number of rotatable bonds is 3. The summed E-state index contributed by atoms with van der Waals surface area (Å²) in [5.41, 5.74) is 0.618. The average molecular weight is 266 g/mol. The molecule has 0 saturated carbocycles. The molecule has 94 valence electrons. The third-order valence-electron chi connectivity index (χ3n) is 2.54. The van der Waals surface area contributed by atoms with E-state index in [0.29, 0.717) is 18.2 Å². The quantitative estimate of drug-likeness (QED) is 0.792. The van der Waals surface area contributed by atoms with Crippen LogP contribution in [0.15, 0.2) is 29.2 Å².